The number of nitrogens with zero attached hydrogens (tertiary/aromatic N) is 2. The van der Waals surface area contributed by atoms with Crippen LogP contribution in [0.25, 0.3) is 11.0 Å². The minimum absolute atomic E-state index is 0.00912. The fourth-order valence-corrected chi connectivity index (χ4v) is 3.99. The van der Waals surface area contributed by atoms with Crippen molar-refractivity contribution in [2.24, 2.45) is 0 Å². The molecule has 1 atom stereocenters. The van der Waals surface area contributed by atoms with Gasteiger partial charge in [0.2, 0.25) is 0 Å². The highest BCUT2D eigenvalue weighted by Gasteiger charge is 2.33. The third kappa shape index (κ3) is 4.66. The van der Waals surface area contributed by atoms with Crippen molar-refractivity contribution in [3.05, 3.63) is 53.3 Å². The Morgan fingerprint density at radius 2 is 2.03 bits per heavy atom. The van der Waals surface area contributed by atoms with Gasteiger partial charge in [0.15, 0.2) is 18.1 Å². The van der Waals surface area contributed by atoms with Crippen LogP contribution in [0.3, 0.4) is 0 Å². The van der Waals surface area contributed by atoms with Gasteiger partial charge < -0.3 is 19.4 Å². The van der Waals surface area contributed by atoms with E-state index in [1.165, 1.54) is 6.07 Å². The third-order valence-electron chi connectivity index (χ3n) is 5.67. The van der Waals surface area contributed by atoms with Crippen LogP contribution in [0.15, 0.2) is 36.4 Å². The Balaban J connectivity index is 1.43. The summed E-state index contributed by atoms with van der Waals surface area (Å²) in [5, 5.41) is 0. The Bertz CT molecular complexity index is 1130. The number of piperidine rings is 1. The Labute approximate surface area is 183 Å². The molecule has 4 rings (SSSR count). The standard InChI is InChI=1S/C23H24F3N3O3/c1-14-5-7-19(20(10-14)31-2)32-13-22(30)29-9-3-4-15(12-29)17-11-18-16(27-17)6-8-21(28-18)23(24,25)26/h5-8,10-11,15,27H,3-4,9,12-13H2,1-2H3/t15-/m0/s1. The molecule has 1 fully saturated rings. The quantitative estimate of drug-likeness (QED) is 0.617. The molecule has 0 unspecified atom stereocenters. The second-order valence-corrected chi connectivity index (χ2v) is 7.97. The molecule has 3 aromatic rings. The van der Waals surface area contributed by atoms with Crippen LogP contribution in [-0.2, 0) is 11.0 Å². The average Bonchev–Trinajstić information content (AvgIpc) is 3.21. The molecule has 1 aliphatic rings. The van der Waals surface area contributed by atoms with Crippen LogP contribution in [0.4, 0.5) is 13.2 Å². The molecule has 0 bridgehead atoms. The molecule has 170 valence electrons. The number of hydrogen-bond acceptors (Lipinski definition) is 4. The summed E-state index contributed by atoms with van der Waals surface area (Å²) < 4.78 is 49.8. The monoisotopic (exact) mass is 447 g/mol. The molecule has 1 saturated heterocycles. The molecule has 2 aromatic heterocycles. The lowest BCUT2D eigenvalue weighted by atomic mass is 9.95. The second-order valence-electron chi connectivity index (χ2n) is 7.97. The Morgan fingerprint density at radius 1 is 1.22 bits per heavy atom. The van der Waals surface area contributed by atoms with Gasteiger partial charge in [0, 0.05) is 24.7 Å². The summed E-state index contributed by atoms with van der Waals surface area (Å²) >= 11 is 0. The number of halogens is 3. The van der Waals surface area contributed by atoms with E-state index in [9.17, 15) is 18.0 Å². The maximum atomic E-state index is 12.9. The number of benzene rings is 1. The van der Waals surface area contributed by atoms with E-state index in [4.69, 9.17) is 9.47 Å². The first kappa shape index (κ1) is 22.0. The van der Waals surface area contributed by atoms with Crippen molar-refractivity contribution < 1.29 is 27.4 Å². The fourth-order valence-electron chi connectivity index (χ4n) is 3.99. The van der Waals surface area contributed by atoms with E-state index < -0.39 is 11.9 Å². The number of rotatable bonds is 5. The van der Waals surface area contributed by atoms with E-state index in [1.54, 1.807) is 24.1 Å². The van der Waals surface area contributed by atoms with Crippen LogP contribution in [0.2, 0.25) is 0 Å². The molecular formula is C23H24F3N3O3. The number of amides is 1. The Morgan fingerprint density at radius 3 is 2.78 bits per heavy atom. The number of pyridine rings is 1. The molecule has 0 spiro atoms. The van der Waals surface area contributed by atoms with Crippen molar-refractivity contribution in [3.8, 4) is 11.5 Å². The molecule has 3 heterocycles. The second kappa shape index (κ2) is 8.72. The van der Waals surface area contributed by atoms with E-state index in [0.29, 0.717) is 30.1 Å². The number of alkyl halides is 3. The number of aromatic nitrogens is 2. The lowest BCUT2D eigenvalue weighted by molar-refractivity contribution is -0.141. The molecule has 0 aliphatic carbocycles. The predicted molar refractivity (Wildman–Crippen MR) is 113 cm³/mol. The van der Waals surface area contributed by atoms with Gasteiger partial charge in [-0.1, -0.05) is 6.07 Å². The maximum absolute atomic E-state index is 12.9. The number of aryl methyl sites for hydroxylation is 1. The number of carbonyl (C=O) groups is 1. The zero-order valence-corrected chi connectivity index (χ0v) is 17.8. The normalized spacial score (nSPS) is 16.9. The van der Waals surface area contributed by atoms with Gasteiger partial charge in [-0.3, -0.25) is 4.79 Å². The first-order chi connectivity index (χ1) is 15.2. The number of carbonyl (C=O) groups excluding carboxylic acids is 1. The minimum atomic E-state index is -4.49. The number of nitrogens with one attached hydrogen (secondary N) is 1. The van der Waals surface area contributed by atoms with Crippen LogP contribution in [0, 0.1) is 6.92 Å². The lowest BCUT2D eigenvalue weighted by Gasteiger charge is -2.32. The number of ether oxygens (including phenoxy) is 2. The first-order valence-corrected chi connectivity index (χ1v) is 10.4. The van der Waals surface area contributed by atoms with Crippen molar-refractivity contribution in [1.82, 2.24) is 14.9 Å². The molecule has 9 heteroatoms. The van der Waals surface area contributed by atoms with Gasteiger partial charge in [-0.15, -0.1) is 0 Å². The van der Waals surface area contributed by atoms with Gasteiger partial charge in [0.25, 0.3) is 5.91 Å². The average molecular weight is 447 g/mol. The zero-order valence-electron chi connectivity index (χ0n) is 17.8. The van der Waals surface area contributed by atoms with Crippen LogP contribution in [0.1, 0.15) is 35.7 Å². The van der Waals surface area contributed by atoms with Crippen molar-refractivity contribution in [2.75, 3.05) is 26.8 Å². The Kier molecular flexibility index (Phi) is 5.99. The topological polar surface area (TPSA) is 67.5 Å². The summed E-state index contributed by atoms with van der Waals surface area (Å²) in [7, 11) is 1.55. The SMILES string of the molecule is COc1cc(C)ccc1OCC(=O)N1CCC[C@H](c2cc3nc(C(F)(F)F)ccc3[nH]2)C1. The molecular weight excluding hydrogens is 423 g/mol. The summed E-state index contributed by atoms with van der Waals surface area (Å²) in [6.45, 7) is 2.90. The van der Waals surface area contributed by atoms with Crippen LogP contribution in [-0.4, -0.2) is 47.6 Å². The van der Waals surface area contributed by atoms with Gasteiger partial charge in [-0.25, -0.2) is 4.98 Å². The predicted octanol–water partition coefficient (Wildman–Crippen LogP) is 4.68. The summed E-state index contributed by atoms with van der Waals surface area (Å²) in [4.78, 5) is 21.4. The van der Waals surface area contributed by atoms with E-state index in [0.717, 1.165) is 30.2 Å². The number of H-pyrrole nitrogens is 1. The summed E-state index contributed by atoms with van der Waals surface area (Å²) in [5.41, 5.74) is 1.71. The molecule has 1 aromatic carbocycles. The van der Waals surface area contributed by atoms with E-state index in [2.05, 4.69) is 9.97 Å². The van der Waals surface area contributed by atoms with E-state index in [1.807, 2.05) is 19.1 Å². The molecule has 32 heavy (non-hydrogen) atoms. The van der Waals surface area contributed by atoms with Crippen molar-refractivity contribution in [2.45, 2.75) is 31.9 Å². The summed E-state index contributed by atoms with van der Waals surface area (Å²) in [6.07, 6.45) is -2.87. The van der Waals surface area contributed by atoms with Crippen molar-refractivity contribution >= 4 is 16.9 Å². The lowest BCUT2D eigenvalue weighted by Crippen LogP contribution is -2.41. The Hall–Kier alpha value is -3.23. The number of hydrogen-bond donors (Lipinski definition) is 1. The van der Waals surface area contributed by atoms with E-state index >= 15 is 0 Å². The first-order valence-electron chi connectivity index (χ1n) is 10.4. The minimum Gasteiger partial charge on any atom is -0.493 e. The zero-order chi connectivity index (χ0) is 22.9. The third-order valence-corrected chi connectivity index (χ3v) is 5.67. The molecule has 6 nitrogen and oxygen atoms in total. The highest BCUT2D eigenvalue weighted by atomic mass is 19.4. The number of methoxy groups -OCH3 is 1. The maximum Gasteiger partial charge on any atom is 0.433 e. The highest BCUT2D eigenvalue weighted by molar-refractivity contribution is 5.78. The van der Waals surface area contributed by atoms with Crippen molar-refractivity contribution in [3.63, 3.8) is 0 Å². The summed E-state index contributed by atoms with van der Waals surface area (Å²) in [6, 6.07) is 9.50. The van der Waals surface area contributed by atoms with Gasteiger partial charge >= 0.3 is 6.18 Å². The van der Waals surface area contributed by atoms with Gasteiger partial charge in [-0.05, 0) is 55.7 Å². The number of aromatic amines is 1. The summed E-state index contributed by atoms with van der Waals surface area (Å²) in [5.74, 6) is 0.913. The fraction of sp³-hybridized carbons (Fsp3) is 0.391. The van der Waals surface area contributed by atoms with Crippen LogP contribution < -0.4 is 9.47 Å². The van der Waals surface area contributed by atoms with Gasteiger partial charge in [0.1, 0.15) is 5.69 Å². The van der Waals surface area contributed by atoms with E-state index in [-0.39, 0.29) is 23.9 Å². The molecule has 1 N–H and O–H groups in total. The van der Waals surface area contributed by atoms with Gasteiger partial charge in [-0.2, -0.15) is 13.2 Å². The molecule has 0 saturated carbocycles. The van der Waals surface area contributed by atoms with Crippen LogP contribution >= 0.6 is 0 Å². The van der Waals surface area contributed by atoms with Gasteiger partial charge in [0.05, 0.1) is 18.1 Å². The number of fused-ring (bicyclic) bond motifs is 1. The molecule has 1 amide bonds. The van der Waals surface area contributed by atoms with Crippen LogP contribution in [0.5, 0.6) is 11.5 Å². The molecule has 0 radical (unpaired) electrons. The molecule has 1 aliphatic heterocycles. The van der Waals surface area contributed by atoms with Crippen molar-refractivity contribution in [1.29, 1.82) is 0 Å². The number of likely N-dealkylation sites (tertiary alicyclic amines) is 1. The highest BCUT2D eigenvalue weighted by Crippen LogP contribution is 2.32. The smallest absolute Gasteiger partial charge is 0.433 e. The largest absolute Gasteiger partial charge is 0.493 e.